The minimum atomic E-state index is 0.449. The van der Waals surface area contributed by atoms with E-state index in [4.69, 9.17) is 14.0 Å². The predicted molar refractivity (Wildman–Crippen MR) is 96.8 cm³/mol. The third-order valence-corrected chi connectivity index (χ3v) is 3.62. The fourth-order valence-corrected chi connectivity index (χ4v) is 2.40. The van der Waals surface area contributed by atoms with Gasteiger partial charge in [0.1, 0.15) is 24.7 Å². The number of para-hydroxylation sites is 2. The molecule has 0 aliphatic carbocycles. The summed E-state index contributed by atoms with van der Waals surface area (Å²) in [5.74, 6) is 2.29. The lowest BCUT2D eigenvalue weighted by Crippen LogP contribution is -2.11. The van der Waals surface area contributed by atoms with Crippen molar-refractivity contribution in [1.29, 1.82) is 0 Å². The highest BCUT2D eigenvalue weighted by Gasteiger charge is 2.11. The Morgan fingerprint density at radius 1 is 0.960 bits per heavy atom. The van der Waals surface area contributed by atoms with Gasteiger partial charge in [-0.1, -0.05) is 42.4 Å². The van der Waals surface area contributed by atoms with Gasteiger partial charge in [-0.2, -0.15) is 0 Å². The highest BCUT2D eigenvalue weighted by Crippen LogP contribution is 2.30. The molecule has 0 amide bonds. The van der Waals surface area contributed by atoms with Gasteiger partial charge in [0.05, 0.1) is 11.3 Å². The van der Waals surface area contributed by atoms with Crippen molar-refractivity contribution in [2.24, 2.45) is 0 Å². The summed E-state index contributed by atoms with van der Waals surface area (Å²) in [4.78, 5) is 0. The molecule has 3 rings (SSSR count). The van der Waals surface area contributed by atoms with Gasteiger partial charge in [-0.05, 0) is 30.8 Å². The Kier molecular flexibility index (Phi) is 6.06. The first-order valence-corrected chi connectivity index (χ1v) is 8.43. The molecule has 0 fully saturated rings. The van der Waals surface area contributed by atoms with Crippen LogP contribution in [0.15, 0.2) is 65.2 Å². The first-order chi connectivity index (χ1) is 12.4. The van der Waals surface area contributed by atoms with Crippen molar-refractivity contribution >= 4 is 0 Å². The molecule has 0 spiro atoms. The zero-order chi connectivity index (χ0) is 17.3. The fourth-order valence-electron chi connectivity index (χ4n) is 2.40. The van der Waals surface area contributed by atoms with Gasteiger partial charge in [0.15, 0.2) is 5.76 Å². The van der Waals surface area contributed by atoms with Crippen molar-refractivity contribution in [3.8, 4) is 22.8 Å². The van der Waals surface area contributed by atoms with Crippen molar-refractivity contribution in [1.82, 2.24) is 10.5 Å². The number of benzene rings is 2. The average molecular weight is 338 g/mol. The van der Waals surface area contributed by atoms with Crippen LogP contribution in [0.3, 0.4) is 0 Å². The average Bonchev–Trinajstić information content (AvgIpc) is 3.13. The van der Waals surface area contributed by atoms with Gasteiger partial charge in [-0.3, -0.25) is 0 Å². The van der Waals surface area contributed by atoms with E-state index in [1.165, 1.54) is 0 Å². The molecule has 0 saturated heterocycles. The molecule has 5 nitrogen and oxygen atoms in total. The second-order valence-electron chi connectivity index (χ2n) is 5.47. The topological polar surface area (TPSA) is 56.5 Å². The monoisotopic (exact) mass is 338 g/mol. The Balaban J connectivity index is 1.60. The van der Waals surface area contributed by atoms with Crippen LogP contribution in [0.4, 0.5) is 0 Å². The van der Waals surface area contributed by atoms with Crippen LogP contribution < -0.4 is 14.8 Å². The predicted octanol–water partition coefficient (Wildman–Crippen LogP) is 3.91. The summed E-state index contributed by atoms with van der Waals surface area (Å²) in [6.07, 6.45) is 0. The minimum absolute atomic E-state index is 0.449. The van der Waals surface area contributed by atoms with Gasteiger partial charge >= 0.3 is 0 Å². The van der Waals surface area contributed by atoms with Gasteiger partial charge in [0.25, 0.3) is 0 Å². The number of nitrogens with zero attached hydrogens (tertiary/aromatic N) is 1. The lowest BCUT2D eigenvalue weighted by atomic mass is 10.1. The maximum absolute atomic E-state index is 5.88. The molecule has 0 aliphatic heterocycles. The molecule has 130 valence electrons. The van der Waals surface area contributed by atoms with Crippen LogP contribution >= 0.6 is 0 Å². The van der Waals surface area contributed by atoms with Gasteiger partial charge in [0.2, 0.25) is 0 Å². The van der Waals surface area contributed by atoms with Gasteiger partial charge in [0, 0.05) is 12.6 Å². The lowest BCUT2D eigenvalue weighted by molar-refractivity contribution is 0.217. The normalized spacial score (nSPS) is 10.6. The first-order valence-electron chi connectivity index (χ1n) is 8.43. The summed E-state index contributed by atoms with van der Waals surface area (Å²) >= 11 is 0. The Bertz CT molecular complexity index is 771. The molecular weight excluding hydrogens is 316 g/mol. The Morgan fingerprint density at radius 2 is 1.72 bits per heavy atom. The molecule has 5 heteroatoms. The molecule has 1 heterocycles. The third kappa shape index (κ3) is 4.84. The summed E-state index contributed by atoms with van der Waals surface area (Å²) < 4.78 is 17.0. The van der Waals surface area contributed by atoms with Crippen LogP contribution in [0.1, 0.15) is 12.6 Å². The van der Waals surface area contributed by atoms with E-state index < -0.39 is 0 Å². The van der Waals surface area contributed by atoms with E-state index in [9.17, 15) is 0 Å². The molecule has 0 aliphatic rings. The van der Waals surface area contributed by atoms with Gasteiger partial charge < -0.3 is 19.3 Å². The smallest absolute Gasteiger partial charge is 0.170 e. The largest absolute Gasteiger partial charge is 0.490 e. The summed E-state index contributed by atoms with van der Waals surface area (Å²) in [7, 11) is 0. The molecule has 0 unspecified atom stereocenters. The Morgan fingerprint density at radius 3 is 2.56 bits per heavy atom. The van der Waals surface area contributed by atoms with Crippen molar-refractivity contribution in [2.75, 3.05) is 19.8 Å². The third-order valence-electron chi connectivity index (χ3n) is 3.62. The molecule has 0 bridgehead atoms. The molecule has 2 aromatic carbocycles. The highest BCUT2D eigenvalue weighted by molar-refractivity contribution is 5.65. The summed E-state index contributed by atoms with van der Waals surface area (Å²) in [5.41, 5.74) is 1.76. The highest BCUT2D eigenvalue weighted by atomic mass is 16.5. The number of hydrogen-bond acceptors (Lipinski definition) is 5. The van der Waals surface area contributed by atoms with Crippen molar-refractivity contribution in [3.63, 3.8) is 0 Å². The Hall–Kier alpha value is -2.79. The van der Waals surface area contributed by atoms with Crippen LogP contribution in [0.5, 0.6) is 11.5 Å². The van der Waals surface area contributed by atoms with E-state index in [1.807, 2.05) is 60.7 Å². The molecule has 0 atom stereocenters. The number of nitrogens with one attached hydrogen (secondary N) is 1. The standard InChI is InChI=1S/C20H22N2O3/c1-2-21-15-16-14-20(25-22-16)18-10-6-7-11-19(18)24-13-12-23-17-8-4-3-5-9-17/h3-11,14,21H,2,12-13,15H2,1H3. The molecular formula is C20H22N2O3. The van der Waals surface area contributed by atoms with Crippen LogP contribution in [-0.4, -0.2) is 24.9 Å². The second-order valence-corrected chi connectivity index (χ2v) is 5.47. The first kappa shape index (κ1) is 17.0. The van der Waals surface area contributed by atoms with Crippen molar-refractivity contribution in [2.45, 2.75) is 13.5 Å². The van der Waals surface area contributed by atoms with Crippen molar-refractivity contribution in [3.05, 3.63) is 66.4 Å². The maximum Gasteiger partial charge on any atom is 0.170 e. The SMILES string of the molecule is CCNCc1cc(-c2ccccc2OCCOc2ccccc2)on1. The molecule has 25 heavy (non-hydrogen) atoms. The Labute approximate surface area is 147 Å². The second kappa shape index (κ2) is 8.89. The quantitative estimate of drug-likeness (QED) is 0.600. The molecule has 0 saturated carbocycles. The van der Waals surface area contributed by atoms with Crippen LogP contribution in [0.25, 0.3) is 11.3 Å². The zero-order valence-electron chi connectivity index (χ0n) is 14.3. The maximum atomic E-state index is 5.88. The van der Waals surface area contributed by atoms with Crippen LogP contribution in [0.2, 0.25) is 0 Å². The van der Waals surface area contributed by atoms with E-state index in [0.717, 1.165) is 29.3 Å². The fraction of sp³-hybridized carbons (Fsp3) is 0.250. The minimum Gasteiger partial charge on any atom is -0.490 e. The number of hydrogen-bond donors (Lipinski definition) is 1. The molecule has 0 radical (unpaired) electrons. The molecule has 1 N–H and O–H groups in total. The summed E-state index contributed by atoms with van der Waals surface area (Å²) in [5, 5.41) is 7.32. The van der Waals surface area contributed by atoms with E-state index >= 15 is 0 Å². The van der Waals surface area contributed by atoms with Crippen LogP contribution in [-0.2, 0) is 6.54 Å². The van der Waals surface area contributed by atoms with E-state index in [0.29, 0.717) is 25.5 Å². The summed E-state index contributed by atoms with van der Waals surface area (Å²) in [6.45, 7) is 4.56. The number of ether oxygens (including phenoxy) is 2. The molecule has 3 aromatic rings. The zero-order valence-corrected chi connectivity index (χ0v) is 14.3. The summed E-state index contributed by atoms with van der Waals surface area (Å²) in [6, 6.07) is 19.4. The number of aromatic nitrogens is 1. The van der Waals surface area contributed by atoms with E-state index in [2.05, 4.69) is 17.4 Å². The van der Waals surface area contributed by atoms with Gasteiger partial charge in [-0.25, -0.2) is 0 Å². The lowest BCUT2D eigenvalue weighted by Gasteiger charge is -2.10. The van der Waals surface area contributed by atoms with E-state index in [-0.39, 0.29) is 0 Å². The van der Waals surface area contributed by atoms with Gasteiger partial charge in [-0.15, -0.1) is 0 Å². The molecule has 1 aromatic heterocycles. The number of rotatable bonds is 9. The van der Waals surface area contributed by atoms with Crippen molar-refractivity contribution < 1.29 is 14.0 Å². The van der Waals surface area contributed by atoms with Crippen LogP contribution in [0, 0.1) is 0 Å². The van der Waals surface area contributed by atoms with E-state index in [1.54, 1.807) is 0 Å².